The Kier molecular flexibility index (Phi) is 3.01. The Labute approximate surface area is 103 Å². The second-order valence-corrected chi connectivity index (χ2v) is 11.4. The average molecular weight is 258 g/mol. The molecule has 0 bridgehead atoms. The zero-order valence-corrected chi connectivity index (χ0v) is 12.2. The fourth-order valence-electron chi connectivity index (χ4n) is 1.95. The van der Waals surface area contributed by atoms with Crippen molar-refractivity contribution in [3.05, 3.63) is 0 Å². The number of carbonyl (C=O) groups excluding carboxylic acids is 1. The molecule has 2 rings (SSSR count). The number of carbonyl (C=O) groups is 1. The molecular formula is C12H22O4Si. The number of hydrogen-bond acceptors (Lipinski definition) is 4. The molecule has 2 fully saturated rings. The van der Waals surface area contributed by atoms with Gasteiger partial charge in [0.2, 0.25) is 0 Å². The molecule has 2 aliphatic rings. The van der Waals surface area contributed by atoms with Crippen LogP contribution in [0.2, 0.25) is 18.1 Å². The Balaban J connectivity index is 2.07. The Morgan fingerprint density at radius 1 is 1.41 bits per heavy atom. The summed E-state index contributed by atoms with van der Waals surface area (Å²) in [6.07, 6.45) is -1.38. The van der Waals surface area contributed by atoms with E-state index in [-0.39, 0.29) is 35.6 Å². The van der Waals surface area contributed by atoms with Gasteiger partial charge in [0.25, 0.3) is 0 Å². The molecule has 1 aliphatic carbocycles. The summed E-state index contributed by atoms with van der Waals surface area (Å²) in [5.74, 6) is 0.0116. The third-order valence-corrected chi connectivity index (χ3v) is 8.67. The van der Waals surface area contributed by atoms with Crippen molar-refractivity contribution in [3.63, 3.8) is 0 Å². The van der Waals surface area contributed by atoms with Crippen molar-refractivity contribution in [1.82, 2.24) is 0 Å². The molecular weight excluding hydrogens is 236 g/mol. The van der Waals surface area contributed by atoms with Crippen molar-refractivity contribution >= 4 is 14.1 Å². The van der Waals surface area contributed by atoms with Crippen LogP contribution in [0.5, 0.6) is 0 Å². The van der Waals surface area contributed by atoms with Gasteiger partial charge in [-0.05, 0) is 18.1 Å². The molecule has 0 spiro atoms. The van der Waals surface area contributed by atoms with Gasteiger partial charge in [0.05, 0.1) is 6.10 Å². The molecule has 0 unspecified atom stereocenters. The summed E-state index contributed by atoms with van der Waals surface area (Å²) in [5, 5.41) is 10.1. The molecule has 1 saturated carbocycles. The van der Waals surface area contributed by atoms with Gasteiger partial charge in [-0.3, -0.25) is 4.79 Å². The average Bonchev–Trinajstić information content (AvgIpc) is 2.89. The molecule has 5 heteroatoms. The zero-order valence-electron chi connectivity index (χ0n) is 11.2. The van der Waals surface area contributed by atoms with E-state index in [1.165, 1.54) is 0 Å². The maximum absolute atomic E-state index is 11.4. The van der Waals surface area contributed by atoms with Crippen LogP contribution in [0.4, 0.5) is 0 Å². The molecule has 4 nitrogen and oxygen atoms in total. The van der Waals surface area contributed by atoms with Crippen molar-refractivity contribution < 1.29 is 19.1 Å². The number of ether oxygens (including phenoxy) is 1. The maximum Gasteiger partial charge on any atom is 0.192 e. The number of aliphatic hydroxyl groups is 1. The first-order chi connectivity index (χ1) is 7.63. The summed E-state index contributed by atoms with van der Waals surface area (Å²) in [7, 11) is -1.92. The highest BCUT2D eigenvalue weighted by atomic mass is 28.4. The topological polar surface area (TPSA) is 59.1 Å². The lowest BCUT2D eigenvalue weighted by Gasteiger charge is -2.40. The molecule has 0 radical (unpaired) electrons. The molecule has 4 atom stereocenters. The van der Waals surface area contributed by atoms with Crippen molar-refractivity contribution in [2.45, 2.75) is 69.7 Å². The van der Waals surface area contributed by atoms with E-state index in [2.05, 4.69) is 33.9 Å². The summed E-state index contributed by atoms with van der Waals surface area (Å²) in [4.78, 5) is 11.4. The van der Waals surface area contributed by atoms with Gasteiger partial charge in [0.15, 0.2) is 14.1 Å². The van der Waals surface area contributed by atoms with Crippen molar-refractivity contribution in [2.75, 3.05) is 0 Å². The highest BCUT2D eigenvalue weighted by Gasteiger charge is 2.58. The number of hydrogen-bond donors (Lipinski definition) is 1. The Hall–Kier alpha value is -0.233. The molecule has 17 heavy (non-hydrogen) atoms. The van der Waals surface area contributed by atoms with Crippen LogP contribution < -0.4 is 0 Å². The molecule has 0 aromatic rings. The summed E-state index contributed by atoms with van der Waals surface area (Å²) < 4.78 is 11.5. The third kappa shape index (κ3) is 2.34. The number of epoxide rings is 1. The summed E-state index contributed by atoms with van der Waals surface area (Å²) in [6, 6.07) is 0. The second-order valence-electron chi connectivity index (χ2n) is 6.60. The molecule has 1 N–H and O–H groups in total. The minimum Gasteiger partial charge on any atom is -0.408 e. The smallest absolute Gasteiger partial charge is 0.192 e. The number of fused-ring (bicyclic) bond motifs is 1. The van der Waals surface area contributed by atoms with Crippen LogP contribution in [0, 0.1) is 0 Å². The van der Waals surface area contributed by atoms with E-state index in [0.717, 1.165) is 0 Å². The molecule has 1 heterocycles. The van der Waals surface area contributed by atoms with Crippen molar-refractivity contribution in [1.29, 1.82) is 0 Å². The lowest BCUT2D eigenvalue weighted by atomic mass is 9.94. The van der Waals surface area contributed by atoms with Crippen LogP contribution in [-0.2, 0) is 14.0 Å². The molecule has 1 saturated heterocycles. The second kappa shape index (κ2) is 3.88. The first kappa shape index (κ1) is 13.2. The minimum atomic E-state index is -1.92. The Morgan fingerprint density at radius 2 is 2.00 bits per heavy atom. The molecule has 0 aromatic carbocycles. The highest BCUT2D eigenvalue weighted by molar-refractivity contribution is 6.74. The van der Waals surface area contributed by atoms with Gasteiger partial charge in [0, 0.05) is 6.42 Å². The highest BCUT2D eigenvalue weighted by Crippen LogP contribution is 2.42. The van der Waals surface area contributed by atoms with E-state index >= 15 is 0 Å². The van der Waals surface area contributed by atoms with Crippen LogP contribution in [0.1, 0.15) is 27.2 Å². The first-order valence-corrected chi connectivity index (χ1v) is 9.08. The largest absolute Gasteiger partial charge is 0.408 e. The molecule has 0 aromatic heterocycles. The van der Waals surface area contributed by atoms with Crippen LogP contribution in [0.25, 0.3) is 0 Å². The van der Waals surface area contributed by atoms with E-state index in [1.807, 2.05) is 0 Å². The Bertz CT molecular complexity index is 332. The fourth-order valence-corrected chi connectivity index (χ4v) is 3.28. The number of rotatable bonds is 2. The minimum absolute atomic E-state index is 0.0116. The lowest BCUT2D eigenvalue weighted by Crippen LogP contribution is -2.51. The van der Waals surface area contributed by atoms with Gasteiger partial charge in [-0.15, -0.1) is 0 Å². The van der Waals surface area contributed by atoms with Crippen LogP contribution in [0.3, 0.4) is 0 Å². The quantitative estimate of drug-likeness (QED) is 0.602. The van der Waals surface area contributed by atoms with Gasteiger partial charge in [-0.1, -0.05) is 20.8 Å². The molecule has 0 amide bonds. The monoisotopic (exact) mass is 258 g/mol. The van der Waals surface area contributed by atoms with E-state index in [0.29, 0.717) is 0 Å². The van der Waals surface area contributed by atoms with Gasteiger partial charge in [-0.2, -0.15) is 0 Å². The zero-order chi connectivity index (χ0) is 13.0. The number of aliphatic hydroxyl groups excluding tert-OH is 1. The lowest BCUT2D eigenvalue weighted by molar-refractivity contribution is -0.125. The van der Waals surface area contributed by atoms with Crippen LogP contribution in [0.15, 0.2) is 0 Å². The van der Waals surface area contributed by atoms with Gasteiger partial charge in [-0.25, -0.2) is 0 Å². The summed E-state index contributed by atoms with van der Waals surface area (Å²) >= 11 is 0. The summed E-state index contributed by atoms with van der Waals surface area (Å²) in [6.45, 7) is 10.8. The molecule has 98 valence electrons. The van der Waals surface area contributed by atoms with E-state index in [4.69, 9.17) is 9.16 Å². The number of Topliss-reactive ketones (excluding diaryl/α,β-unsaturated/α-hetero) is 1. The van der Waals surface area contributed by atoms with Crippen LogP contribution in [-0.4, -0.2) is 43.6 Å². The SMILES string of the molecule is CC(C)(C)[Si](C)(C)O[C@@H]1[C@H]2O[C@H]2C(=O)C[C@H]1O. The van der Waals surface area contributed by atoms with E-state index in [1.54, 1.807) is 0 Å². The van der Waals surface area contributed by atoms with Gasteiger partial charge >= 0.3 is 0 Å². The standard InChI is InChI=1S/C12H22O4Si/c1-12(2,3)17(4,5)16-10-8(14)6-7(13)9-11(10)15-9/h8-11,14H,6H2,1-5H3/t8-,9+,10+,11+/m1/s1. The summed E-state index contributed by atoms with van der Waals surface area (Å²) in [5.41, 5.74) is 0. The first-order valence-electron chi connectivity index (χ1n) is 6.17. The van der Waals surface area contributed by atoms with Crippen molar-refractivity contribution in [2.24, 2.45) is 0 Å². The predicted octanol–water partition coefficient (Wildman–Crippen LogP) is 1.48. The van der Waals surface area contributed by atoms with E-state index in [9.17, 15) is 9.90 Å². The van der Waals surface area contributed by atoms with Gasteiger partial charge in [0.1, 0.15) is 18.3 Å². The third-order valence-electron chi connectivity index (χ3n) is 4.19. The number of ketones is 1. The van der Waals surface area contributed by atoms with Crippen LogP contribution >= 0.6 is 0 Å². The predicted molar refractivity (Wildman–Crippen MR) is 66.4 cm³/mol. The maximum atomic E-state index is 11.4. The van der Waals surface area contributed by atoms with Gasteiger partial charge < -0.3 is 14.3 Å². The molecule has 1 aliphatic heterocycles. The van der Waals surface area contributed by atoms with E-state index < -0.39 is 14.4 Å². The van der Waals surface area contributed by atoms with Crippen molar-refractivity contribution in [3.8, 4) is 0 Å². The Morgan fingerprint density at radius 3 is 2.53 bits per heavy atom. The fraction of sp³-hybridized carbons (Fsp3) is 0.917. The normalized spacial score (nSPS) is 37.9.